The molecule has 9 nitrogen and oxygen atoms in total. The van der Waals surface area contributed by atoms with Gasteiger partial charge in [0.1, 0.15) is 11.6 Å². The van der Waals surface area contributed by atoms with Crippen LogP contribution in [0.5, 0.6) is 0 Å². The van der Waals surface area contributed by atoms with Crippen molar-refractivity contribution in [3.63, 3.8) is 0 Å². The van der Waals surface area contributed by atoms with Gasteiger partial charge in [0.15, 0.2) is 5.82 Å². The van der Waals surface area contributed by atoms with Crippen LogP contribution in [0.25, 0.3) is 0 Å². The van der Waals surface area contributed by atoms with Gasteiger partial charge in [-0.1, -0.05) is 12.1 Å². The van der Waals surface area contributed by atoms with Crippen LogP contribution >= 0.6 is 0 Å². The largest absolute Gasteiger partial charge is 0.397 e. The highest BCUT2D eigenvalue weighted by molar-refractivity contribution is 6.05. The first kappa shape index (κ1) is 20.8. The number of halogens is 1. The van der Waals surface area contributed by atoms with E-state index in [1.54, 1.807) is 24.4 Å². The number of nitrogen functional groups attached to an aromatic ring is 1. The topological polar surface area (TPSA) is 134 Å². The van der Waals surface area contributed by atoms with Crippen LogP contribution in [0.2, 0.25) is 0 Å². The van der Waals surface area contributed by atoms with Crippen LogP contribution in [-0.2, 0) is 6.54 Å². The zero-order valence-electron chi connectivity index (χ0n) is 17.2. The van der Waals surface area contributed by atoms with Crippen molar-refractivity contribution in [1.29, 1.82) is 0 Å². The Morgan fingerprint density at radius 2 is 1.91 bits per heavy atom. The first-order valence-corrected chi connectivity index (χ1v) is 9.77. The van der Waals surface area contributed by atoms with Crippen molar-refractivity contribution < 1.29 is 9.18 Å². The molecule has 2 heterocycles. The Morgan fingerprint density at radius 1 is 1.09 bits per heavy atom. The molecule has 6 N–H and O–H groups in total. The van der Waals surface area contributed by atoms with Gasteiger partial charge in [0.25, 0.3) is 5.91 Å². The maximum Gasteiger partial charge on any atom is 0.255 e. The molecule has 1 amide bonds. The Bertz CT molecular complexity index is 1240. The SMILES string of the molecule is Cc1cc(Nc2ccnc(NCc3ccc(C(=O)Nc4ccc(F)cc4N)cc3)n2)n[nH]1. The molecule has 0 unspecified atom stereocenters. The van der Waals surface area contributed by atoms with Crippen LogP contribution in [0.3, 0.4) is 0 Å². The summed E-state index contributed by atoms with van der Waals surface area (Å²) in [5.74, 6) is 0.942. The number of amides is 1. The molecule has 0 aliphatic rings. The molecular weight excluding hydrogens is 411 g/mol. The highest BCUT2D eigenvalue weighted by Crippen LogP contribution is 2.20. The molecule has 0 radical (unpaired) electrons. The summed E-state index contributed by atoms with van der Waals surface area (Å²) in [6.45, 7) is 2.38. The number of H-pyrrole nitrogens is 1. The minimum absolute atomic E-state index is 0.165. The molecule has 2 aromatic carbocycles. The molecule has 0 aliphatic carbocycles. The van der Waals surface area contributed by atoms with Gasteiger partial charge in [0.2, 0.25) is 5.95 Å². The monoisotopic (exact) mass is 432 g/mol. The van der Waals surface area contributed by atoms with E-state index in [0.29, 0.717) is 35.4 Å². The van der Waals surface area contributed by atoms with Gasteiger partial charge >= 0.3 is 0 Å². The number of anilines is 5. The Morgan fingerprint density at radius 3 is 2.62 bits per heavy atom. The second kappa shape index (κ2) is 9.13. The summed E-state index contributed by atoms with van der Waals surface area (Å²) < 4.78 is 13.2. The zero-order valence-corrected chi connectivity index (χ0v) is 17.2. The molecule has 162 valence electrons. The van der Waals surface area contributed by atoms with E-state index in [2.05, 4.69) is 36.1 Å². The van der Waals surface area contributed by atoms with Gasteiger partial charge in [0, 0.05) is 30.1 Å². The summed E-state index contributed by atoms with van der Waals surface area (Å²) in [5.41, 5.74) is 8.59. The number of nitrogens with zero attached hydrogens (tertiary/aromatic N) is 3. The minimum atomic E-state index is -0.459. The number of nitrogens with two attached hydrogens (primary N) is 1. The lowest BCUT2D eigenvalue weighted by Crippen LogP contribution is -2.13. The summed E-state index contributed by atoms with van der Waals surface area (Å²) in [4.78, 5) is 21.0. The van der Waals surface area contributed by atoms with Crippen molar-refractivity contribution in [2.24, 2.45) is 0 Å². The number of hydrogen-bond donors (Lipinski definition) is 5. The van der Waals surface area contributed by atoms with Gasteiger partial charge in [-0.15, -0.1) is 0 Å². The summed E-state index contributed by atoms with van der Waals surface area (Å²) in [5, 5.41) is 15.9. The standard InChI is InChI=1S/C22H21FN8O/c1-13-10-20(31-30-13)28-19-8-9-25-22(29-19)26-12-14-2-4-15(5-3-14)21(32)27-18-7-6-16(23)11-17(18)24/h2-11H,12,24H2,1H3,(H,27,32)(H3,25,26,28,29,30,31). The van der Waals surface area contributed by atoms with E-state index in [1.807, 2.05) is 25.1 Å². The average molecular weight is 432 g/mol. The predicted molar refractivity (Wildman–Crippen MR) is 121 cm³/mol. The Kier molecular flexibility index (Phi) is 5.93. The summed E-state index contributed by atoms with van der Waals surface area (Å²) >= 11 is 0. The van der Waals surface area contributed by atoms with Crippen molar-refractivity contribution in [3.05, 3.63) is 83.4 Å². The lowest BCUT2D eigenvalue weighted by atomic mass is 10.1. The Hall–Kier alpha value is -4.47. The van der Waals surface area contributed by atoms with Gasteiger partial charge in [-0.2, -0.15) is 10.1 Å². The molecule has 4 rings (SSSR count). The highest BCUT2D eigenvalue weighted by Gasteiger charge is 2.09. The van der Waals surface area contributed by atoms with Gasteiger partial charge in [-0.3, -0.25) is 9.89 Å². The number of benzene rings is 2. The fourth-order valence-electron chi connectivity index (χ4n) is 2.92. The second-order valence-corrected chi connectivity index (χ2v) is 7.06. The number of carbonyl (C=O) groups is 1. The number of hydrogen-bond acceptors (Lipinski definition) is 7. The van der Waals surface area contributed by atoms with E-state index in [1.165, 1.54) is 12.1 Å². The van der Waals surface area contributed by atoms with E-state index >= 15 is 0 Å². The lowest BCUT2D eigenvalue weighted by molar-refractivity contribution is 0.102. The molecule has 0 atom stereocenters. The smallest absolute Gasteiger partial charge is 0.255 e. The number of nitrogens with one attached hydrogen (secondary N) is 4. The highest BCUT2D eigenvalue weighted by atomic mass is 19.1. The molecule has 10 heteroatoms. The van der Waals surface area contributed by atoms with Crippen LogP contribution in [-0.4, -0.2) is 26.1 Å². The zero-order chi connectivity index (χ0) is 22.5. The molecule has 0 aliphatic heterocycles. The molecule has 0 saturated heterocycles. The number of aromatic nitrogens is 4. The van der Waals surface area contributed by atoms with Crippen LogP contribution in [0.4, 0.5) is 33.3 Å². The van der Waals surface area contributed by atoms with Crippen molar-refractivity contribution in [2.45, 2.75) is 13.5 Å². The fraction of sp³-hybridized carbons (Fsp3) is 0.0909. The molecular formula is C22H21FN8O. The van der Waals surface area contributed by atoms with E-state index in [9.17, 15) is 9.18 Å². The van der Waals surface area contributed by atoms with Crippen LogP contribution in [0, 0.1) is 12.7 Å². The van der Waals surface area contributed by atoms with Crippen LogP contribution < -0.4 is 21.7 Å². The fourth-order valence-corrected chi connectivity index (χ4v) is 2.92. The molecule has 4 aromatic rings. The van der Waals surface area contributed by atoms with Gasteiger partial charge in [0.05, 0.1) is 11.4 Å². The minimum Gasteiger partial charge on any atom is -0.397 e. The summed E-state index contributed by atoms with van der Waals surface area (Å²) in [6.07, 6.45) is 1.64. The molecule has 32 heavy (non-hydrogen) atoms. The average Bonchev–Trinajstić information content (AvgIpc) is 3.19. The molecule has 0 saturated carbocycles. The van der Waals surface area contributed by atoms with Crippen molar-refractivity contribution in [3.8, 4) is 0 Å². The lowest BCUT2D eigenvalue weighted by Gasteiger charge is -2.09. The number of rotatable bonds is 7. The molecule has 0 bridgehead atoms. The van der Waals surface area contributed by atoms with E-state index < -0.39 is 5.82 Å². The van der Waals surface area contributed by atoms with Crippen molar-refractivity contribution in [2.75, 3.05) is 21.7 Å². The van der Waals surface area contributed by atoms with E-state index in [4.69, 9.17) is 5.73 Å². The van der Waals surface area contributed by atoms with Crippen molar-refractivity contribution >= 4 is 34.9 Å². The second-order valence-electron chi connectivity index (χ2n) is 7.06. The normalized spacial score (nSPS) is 10.6. The van der Waals surface area contributed by atoms with Crippen LogP contribution in [0.1, 0.15) is 21.6 Å². The Balaban J connectivity index is 1.34. The Labute approximate surface area is 183 Å². The maximum absolute atomic E-state index is 13.2. The van der Waals surface area contributed by atoms with Crippen LogP contribution in [0.15, 0.2) is 60.8 Å². The van der Waals surface area contributed by atoms with E-state index in [-0.39, 0.29) is 11.6 Å². The van der Waals surface area contributed by atoms with Gasteiger partial charge < -0.3 is 21.7 Å². The number of aryl methyl sites for hydroxylation is 1. The van der Waals surface area contributed by atoms with Gasteiger partial charge in [-0.25, -0.2) is 9.37 Å². The first-order chi connectivity index (χ1) is 15.5. The first-order valence-electron chi connectivity index (χ1n) is 9.77. The summed E-state index contributed by atoms with van der Waals surface area (Å²) in [6, 6.07) is 14.5. The molecule has 0 fully saturated rings. The number of carbonyl (C=O) groups excluding carboxylic acids is 1. The van der Waals surface area contributed by atoms with Crippen molar-refractivity contribution in [1.82, 2.24) is 20.2 Å². The molecule has 2 aromatic heterocycles. The maximum atomic E-state index is 13.2. The third-order valence-corrected chi connectivity index (χ3v) is 4.55. The van der Waals surface area contributed by atoms with E-state index in [0.717, 1.165) is 17.3 Å². The molecule has 0 spiro atoms. The predicted octanol–water partition coefficient (Wildman–Crippen LogP) is 3.84. The van der Waals surface area contributed by atoms with Gasteiger partial charge in [-0.05, 0) is 48.9 Å². The number of aromatic amines is 1. The summed E-state index contributed by atoms with van der Waals surface area (Å²) in [7, 11) is 0. The quantitative estimate of drug-likeness (QED) is 0.280. The third kappa shape index (κ3) is 5.17. The third-order valence-electron chi connectivity index (χ3n) is 4.55.